The molecule has 0 amide bonds. The highest BCUT2D eigenvalue weighted by Crippen LogP contribution is 2.40. The van der Waals surface area contributed by atoms with Gasteiger partial charge in [0.1, 0.15) is 0 Å². The molecule has 0 spiro atoms. The zero-order chi connectivity index (χ0) is 19.5. The summed E-state index contributed by atoms with van der Waals surface area (Å²) in [5, 5.41) is 0. The minimum Gasteiger partial charge on any atom is -0.335 e. The Kier molecular flexibility index (Phi) is 5.72. The van der Waals surface area contributed by atoms with Crippen LogP contribution in [-0.2, 0) is 6.42 Å². The molecule has 0 saturated heterocycles. The van der Waals surface area contributed by atoms with E-state index in [2.05, 4.69) is 39.3 Å². The third-order valence-corrected chi connectivity index (χ3v) is 6.42. The first-order valence-electron chi connectivity index (χ1n) is 10.2. The van der Waals surface area contributed by atoms with Gasteiger partial charge in [0.05, 0.1) is 0 Å². The number of aryl methyl sites for hydroxylation is 1. The first kappa shape index (κ1) is 19.1. The molecule has 2 N–H and O–H groups in total. The Bertz CT molecular complexity index is 1010. The second-order valence-electron chi connectivity index (χ2n) is 8.11. The fraction of sp³-hybridized carbons (Fsp3) is 0.435. The van der Waals surface area contributed by atoms with Gasteiger partial charge < -0.3 is 4.98 Å². The van der Waals surface area contributed by atoms with Crippen molar-refractivity contribution < 1.29 is 0 Å². The summed E-state index contributed by atoms with van der Waals surface area (Å²) in [4.78, 5) is 23.1. The normalized spacial score (nSPS) is 24.4. The van der Waals surface area contributed by atoms with Crippen LogP contribution in [0.25, 0.3) is 0 Å². The minimum atomic E-state index is -0.0595. The number of allylic oxidation sites excluding steroid dienone is 4. The number of aromatic amines is 2. The third kappa shape index (κ3) is 4.25. The smallest absolute Gasteiger partial charge is 0.255 e. The monoisotopic (exact) mass is 393 g/mol. The molecule has 0 radical (unpaired) electrons. The van der Waals surface area contributed by atoms with Crippen molar-refractivity contribution in [1.29, 1.82) is 0 Å². The van der Waals surface area contributed by atoms with E-state index in [0.717, 1.165) is 47.7 Å². The molecule has 0 bridgehead atoms. The van der Waals surface area contributed by atoms with E-state index in [9.17, 15) is 4.79 Å². The van der Waals surface area contributed by atoms with Crippen molar-refractivity contribution in [3.05, 3.63) is 80.3 Å². The third-order valence-electron chi connectivity index (χ3n) is 6.22. The number of aromatic nitrogens is 3. The maximum absolute atomic E-state index is 12.7. The van der Waals surface area contributed by atoms with Crippen LogP contribution < -0.4 is 5.56 Å². The largest absolute Gasteiger partial charge is 0.335 e. The average Bonchev–Trinajstić information content (AvgIpc) is 2.71. The van der Waals surface area contributed by atoms with E-state index >= 15 is 0 Å². The van der Waals surface area contributed by atoms with Crippen molar-refractivity contribution in [2.75, 3.05) is 0 Å². The molecule has 1 atom stereocenters. The molecule has 4 rings (SSSR count). The average molecular weight is 394 g/mol. The Hall–Kier alpha value is -2.27. The second-order valence-corrected chi connectivity index (χ2v) is 8.52. The van der Waals surface area contributed by atoms with Gasteiger partial charge in [0, 0.05) is 29.6 Å². The fourth-order valence-electron chi connectivity index (χ4n) is 4.76. The van der Waals surface area contributed by atoms with Gasteiger partial charge in [0.2, 0.25) is 0 Å². The predicted molar refractivity (Wildman–Crippen MR) is 115 cm³/mol. The topological polar surface area (TPSA) is 61.5 Å². The standard InChI is InChI=1S/C23H27N3OS/c1-15-13-16(11-12-24-15)14-20-21(25-23(28)26-22(20)27)19-9-7-18(8-10-19)17-5-3-2-4-6-17/h2-5,11-13,17-19H,6-10,14H2,1H3,(H2,25,26,27,28)/t17?,18-,19-. The molecular formula is C23H27N3OS. The molecule has 1 unspecified atom stereocenters. The molecule has 2 aliphatic carbocycles. The molecule has 5 heteroatoms. The summed E-state index contributed by atoms with van der Waals surface area (Å²) in [6.45, 7) is 1.98. The zero-order valence-electron chi connectivity index (χ0n) is 16.3. The Morgan fingerprint density at radius 2 is 2.00 bits per heavy atom. The Labute approximate surface area is 170 Å². The van der Waals surface area contributed by atoms with Gasteiger partial charge in [-0.3, -0.25) is 14.8 Å². The molecule has 0 aromatic carbocycles. The van der Waals surface area contributed by atoms with Crippen molar-refractivity contribution in [3.63, 3.8) is 0 Å². The predicted octanol–water partition coefficient (Wildman–Crippen LogP) is 5.13. The van der Waals surface area contributed by atoms with E-state index < -0.39 is 0 Å². The van der Waals surface area contributed by atoms with E-state index in [4.69, 9.17) is 12.2 Å². The van der Waals surface area contributed by atoms with Crippen LogP contribution in [0.1, 0.15) is 60.5 Å². The lowest BCUT2D eigenvalue weighted by Crippen LogP contribution is -2.25. The Morgan fingerprint density at radius 1 is 1.18 bits per heavy atom. The van der Waals surface area contributed by atoms with Crippen LogP contribution in [0.4, 0.5) is 0 Å². The fourth-order valence-corrected chi connectivity index (χ4v) is 4.96. The van der Waals surface area contributed by atoms with E-state index in [0.29, 0.717) is 23.0 Å². The number of H-pyrrole nitrogens is 2. The van der Waals surface area contributed by atoms with Crippen LogP contribution in [0.3, 0.4) is 0 Å². The van der Waals surface area contributed by atoms with Crippen molar-refractivity contribution in [1.82, 2.24) is 15.0 Å². The lowest BCUT2D eigenvalue weighted by atomic mass is 9.72. The Morgan fingerprint density at radius 3 is 2.71 bits per heavy atom. The summed E-state index contributed by atoms with van der Waals surface area (Å²) in [5.41, 5.74) is 3.88. The first-order chi connectivity index (χ1) is 13.6. The highest BCUT2D eigenvalue weighted by molar-refractivity contribution is 7.71. The van der Waals surface area contributed by atoms with E-state index in [1.165, 1.54) is 12.8 Å². The van der Waals surface area contributed by atoms with Crippen molar-refractivity contribution in [3.8, 4) is 0 Å². The van der Waals surface area contributed by atoms with Gasteiger partial charge in [-0.05, 0) is 86.7 Å². The highest BCUT2D eigenvalue weighted by atomic mass is 32.1. The van der Waals surface area contributed by atoms with Crippen LogP contribution >= 0.6 is 12.2 Å². The lowest BCUT2D eigenvalue weighted by molar-refractivity contribution is 0.262. The molecule has 28 heavy (non-hydrogen) atoms. The number of pyridine rings is 1. The van der Waals surface area contributed by atoms with E-state index in [1.54, 1.807) is 6.20 Å². The van der Waals surface area contributed by atoms with Crippen LogP contribution in [0.2, 0.25) is 0 Å². The van der Waals surface area contributed by atoms with Crippen LogP contribution in [-0.4, -0.2) is 15.0 Å². The molecule has 4 nitrogen and oxygen atoms in total. The van der Waals surface area contributed by atoms with E-state index in [1.807, 2.05) is 19.1 Å². The van der Waals surface area contributed by atoms with Crippen LogP contribution in [0, 0.1) is 23.5 Å². The number of hydrogen-bond acceptors (Lipinski definition) is 3. The molecule has 2 aromatic heterocycles. The van der Waals surface area contributed by atoms with Gasteiger partial charge in [0.25, 0.3) is 5.56 Å². The summed E-state index contributed by atoms with van der Waals surface area (Å²) in [6, 6.07) is 4.03. The summed E-state index contributed by atoms with van der Waals surface area (Å²) >= 11 is 5.29. The maximum atomic E-state index is 12.7. The number of hydrogen-bond donors (Lipinski definition) is 2. The molecule has 2 heterocycles. The number of nitrogens with one attached hydrogen (secondary N) is 2. The summed E-state index contributed by atoms with van der Waals surface area (Å²) in [7, 11) is 0. The highest BCUT2D eigenvalue weighted by Gasteiger charge is 2.29. The van der Waals surface area contributed by atoms with Crippen molar-refractivity contribution in [2.24, 2.45) is 11.8 Å². The number of rotatable bonds is 4. The number of nitrogens with zero attached hydrogens (tertiary/aromatic N) is 1. The van der Waals surface area contributed by atoms with Gasteiger partial charge >= 0.3 is 0 Å². The van der Waals surface area contributed by atoms with Gasteiger partial charge in [0.15, 0.2) is 4.77 Å². The minimum absolute atomic E-state index is 0.0595. The molecule has 2 aromatic rings. The zero-order valence-corrected chi connectivity index (χ0v) is 17.1. The molecule has 2 aliphatic rings. The van der Waals surface area contributed by atoms with Gasteiger partial charge in [-0.1, -0.05) is 24.3 Å². The van der Waals surface area contributed by atoms with Gasteiger partial charge in [-0.15, -0.1) is 0 Å². The molecule has 146 valence electrons. The summed E-state index contributed by atoms with van der Waals surface area (Å²) < 4.78 is 0.428. The summed E-state index contributed by atoms with van der Waals surface area (Å²) in [6.07, 6.45) is 17.2. The van der Waals surface area contributed by atoms with Crippen LogP contribution in [0.5, 0.6) is 0 Å². The van der Waals surface area contributed by atoms with E-state index in [-0.39, 0.29) is 5.56 Å². The molecule has 1 saturated carbocycles. The molecule has 0 aliphatic heterocycles. The lowest BCUT2D eigenvalue weighted by Gasteiger charge is -2.33. The maximum Gasteiger partial charge on any atom is 0.255 e. The Balaban J connectivity index is 1.56. The van der Waals surface area contributed by atoms with Gasteiger partial charge in [-0.25, -0.2) is 0 Å². The molecular weight excluding hydrogens is 366 g/mol. The van der Waals surface area contributed by atoms with Crippen LogP contribution in [0.15, 0.2) is 47.4 Å². The SMILES string of the molecule is Cc1cc(Cc2c(=O)[nH]c(=S)[nH]c2[C@H]2CC[C@H](C3C=CC=CC3)CC2)ccn1. The molecule has 1 fully saturated rings. The quantitative estimate of drug-likeness (QED) is 0.708. The van der Waals surface area contributed by atoms with Crippen molar-refractivity contribution in [2.45, 2.75) is 51.4 Å². The van der Waals surface area contributed by atoms with Crippen molar-refractivity contribution >= 4 is 12.2 Å². The first-order valence-corrected chi connectivity index (χ1v) is 10.6. The summed E-state index contributed by atoms with van der Waals surface area (Å²) in [5.74, 6) is 1.79. The second kappa shape index (κ2) is 8.39. The van der Waals surface area contributed by atoms with Gasteiger partial charge in [-0.2, -0.15) is 0 Å².